The number of aryl methyl sites for hydroxylation is 2. The van der Waals surface area contributed by atoms with Gasteiger partial charge in [-0.2, -0.15) is 0 Å². The largest absolute Gasteiger partial charge is 0.394 e. The number of nitrogen functional groups attached to an aromatic ring is 2. The zero-order valence-corrected chi connectivity index (χ0v) is 35.6. The molecule has 3 aromatic rings. The van der Waals surface area contributed by atoms with Gasteiger partial charge in [-0.15, -0.1) is 0 Å². The number of rotatable bonds is 27. The molecule has 22 heteroatoms. The van der Waals surface area contributed by atoms with E-state index in [4.69, 9.17) is 38.7 Å². The molecule has 0 unspecified atom stereocenters. The van der Waals surface area contributed by atoms with Crippen LogP contribution in [0.5, 0.6) is 0 Å². The Morgan fingerprint density at radius 2 is 1.13 bits per heavy atom. The average molecular weight is 908 g/mol. The van der Waals surface area contributed by atoms with Gasteiger partial charge in [-0.05, 0) is 67.3 Å². The number of nitrogens with two attached hydrogens (primary N) is 2. The van der Waals surface area contributed by atoms with Crippen molar-refractivity contribution in [2.45, 2.75) is 93.8 Å². The monoisotopic (exact) mass is 907 g/mol. The maximum absolute atomic E-state index is 12.6. The van der Waals surface area contributed by atoms with E-state index in [0.717, 1.165) is 41.5 Å². The van der Waals surface area contributed by atoms with Crippen molar-refractivity contribution in [3.63, 3.8) is 0 Å². The van der Waals surface area contributed by atoms with Crippen molar-refractivity contribution in [3.05, 3.63) is 70.5 Å². The number of benzene rings is 2. The number of nitrogens with one attached hydrogen (secondary N) is 4. The first-order chi connectivity index (χ1) is 29.9. The Morgan fingerprint density at radius 1 is 0.651 bits per heavy atom. The fraction of sp³-hybridized carbons (Fsp3) is 0.537. The van der Waals surface area contributed by atoms with Crippen LogP contribution in [-0.4, -0.2) is 178 Å². The fourth-order valence-corrected chi connectivity index (χ4v) is 6.51. The highest BCUT2D eigenvalue weighted by Crippen LogP contribution is 2.22. The molecule has 1 aromatic heterocycles. The molecule has 2 amide bonds. The van der Waals surface area contributed by atoms with Crippen LogP contribution < -0.4 is 27.4 Å². The van der Waals surface area contributed by atoms with Gasteiger partial charge in [-0.25, -0.2) is 9.97 Å². The molecule has 8 atom stereocenters. The Morgan fingerprint density at radius 3 is 1.65 bits per heavy atom. The van der Waals surface area contributed by atoms with Crippen LogP contribution in [0.1, 0.15) is 53.7 Å². The molecule has 0 fully saturated rings. The van der Waals surface area contributed by atoms with Crippen LogP contribution >= 0.6 is 11.6 Å². The van der Waals surface area contributed by atoms with Gasteiger partial charge in [0.2, 0.25) is 5.91 Å². The van der Waals surface area contributed by atoms with Crippen molar-refractivity contribution in [2.75, 3.05) is 57.4 Å². The molecule has 0 aliphatic rings. The number of carbonyl (C=O) groups excluding carboxylic acids is 2. The number of aliphatic hydroxyl groups is 10. The van der Waals surface area contributed by atoms with Crippen molar-refractivity contribution >= 4 is 41.0 Å². The van der Waals surface area contributed by atoms with Gasteiger partial charge in [0.15, 0.2) is 28.4 Å². The van der Waals surface area contributed by atoms with E-state index >= 15 is 0 Å². The molecule has 0 aliphatic carbocycles. The van der Waals surface area contributed by atoms with Crippen molar-refractivity contribution in [2.24, 2.45) is 0 Å². The first-order valence-electron chi connectivity index (χ1n) is 20.5. The van der Waals surface area contributed by atoms with Crippen molar-refractivity contribution in [1.29, 1.82) is 5.41 Å². The lowest BCUT2D eigenvalue weighted by atomic mass is 9.99. The number of nitrogens with zero attached hydrogens (tertiary/aromatic N) is 3. The number of aromatic nitrogens is 2. The SMILES string of the molecule is N=C(NCCCCc1ccc(-c2ccc(CCC(=O)NCCCCN(C[C@H](O)[C@@H](O)[C@H](O)[C@H](O)CO)C[C@H](O)[C@@H](O)[C@H](O)[C@H](O)CO)cc2)cc1)NC(=O)c1nc(Cl)c(N)nc1N. The van der Waals surface area contributed by atoms with Crippen LogP contribution in [0.4, 0.5) is 11.6 Å². The number of unbranched alkanes of at least 4 members (excludes halogenated alkanes) is 2. The second kappa shape index (κ2) is 26.9. The van der Waals surface area contributed by atoms with Gasteiger partial charge in [0.25, 0.3) is 5.91 Å². The van der Waals surface area contributed by atoms with E-state index in [0.29, 0.717) is 32.4 Å². The molecule has 21 nitrogen and oxygen atoms in total. The van der Waals surface area contributed by atoms with Crippen molar-refractivity contribution in [3.8, 4) is 11.1 Å². The molecule has 0 saturated carbocycles. The minimum absolute atomic E-state index is 0.0999. The lowest BCUT2D eigenvalue weighted by Crippen LogP contribution is -2.53. The minimum Gasteiger partial charge on any atom is -0.394 e. The molecule has 350 valence electrons. The van der Waals surface area contributed by atoms with Crippen molar-refractivity contribution < 1.29 is 60.7 Å². The molecule has 3 rings (SSSR count). The summed E-state index contributed by atoms with van der Waals surface area (Å²) in [4.78, 5) is 34.0. The number of anilines is 2. The number of aliphatic hydroxyl groups excluding tert-OH is 10. The number of hydrogen-bond acceptors (Lipinski definition) is 18. The number of carbonyl (C=O) groups is 2. The summed E-state index contributed by atoms with van der Waals surface area (Å²) < 4.78 is 0. The zero-order valence-electron chi connectivity index (χ0n) is 34.8. The predicted octanol–water partition coefficient (Wildman–Crippen LogP) is -2.76. The Kier molecular flexibility index (Phi) is 22.5. The van der Waals surface area contributed by atoms with E-state index in [2.05, 4.69) is 38.1 Å². The molecule has 0 spiro atoms. The Hall–Kier alpha value is -4.62. The van der Waals surface area contributed by atoms with Gasteiger partial charge in [0.1, 0.15) is 36.6 Å². The van der Waals surface area contributed by atoms with Crippen LogP contribution in [0.15, 0.2) is 48.5 Å². The summed E-state index contributed by atoms with van der Waals surface area (Å²) in [5.41, 5.74) is 15.2. The van der Waals surface area contributed by atoms with Crippen molar-refractivity contribution in [1.82, 2.24) is 30.8 Å². The highest BCUT2D eigenvalue weighted by molar-refractivity contribution is 6.31. The van der Waals surface area contributed by atoms with E-state index in [-0.39, 0.29) is 60.4 Å². The van der Waals surface area contributed by atoms with E-state index in [1.807, 2.05) is 36.4 Å². The summed E-state index contributed by atoms with van der Waals surface area (Å²) in [6.45, 7) is -1.56. The first kappa shape index (κ1) is 52.7. The Balaban J connectivity index is 1.37. The fourth-order valence-electron chi connectivity index (χ4n) is 6.38. The summed E-state index contributed by atoms with van der Waals surface area (Å²) >= 11 is 5.82. The Labute approximate surface area is 369 Å². The van der Waals surface area contributed by atoms with E-state index in [1.54, 1.807) is 0 Å². The molecule has 0 saturated heterocycles. The number of guanidine groups is 1. The second-order valence-electron chi connectivity index (χ2n) is 15.2. The lowest BCUT2D eigenvalue weighted by molar-refractivity contribution is -0.130. The zero-order chi connectivity index (χ0) is 46.6. The highest BCUT2D eigenvalue weighted by Gasteiger charge is 2.34. The normalized spacial score (nSPS) is 15.4. The summed E-state index contributed by atoms with van der Waals surface area (Å²) in [7, 11) is 0. The molecule has 0 aliphatic heterocycles. The van der Waals surface area contributed by atoms with E-state index < -0.39 is 68.0 Å². The minimum atomic E-state index is -1.88. The smallest absolute Gasteiger partial charge is 0.280 e. The predicted molar refractivity (Wildman–Crippen MR) is 233 cm³/mol. The van der Waals surface area contributed by atoms with Gasteiger partial charge in [0.05, 0.1) is 25.4 Å². The van der Waals surface area contributed by atoms with Gasteiger partial charge < -0.3 is 73.2 Å². The topological polar surface area (TPSA) is 377 Å². The van der Waals surface area contributed by atoms with Crippen LogP contribution in [0.2, 0.25) is 5.15 Å². The standard InChI is InChI=1S/C41H62ClN9O12/c42-37-39(44)49-38(43)32(48-37)40(63)50-41(45)47-17-2-1-5-23-6-11-25(12-7-23)26-13-8-24(9-14-26)10-15-31(58)46-16-3-4-18-51(19-27(54)33(59)35(61)29(56)21-52)20-28(55)34(60)36(62)30(57)22-53/h6-9,11-14,27-30,33-36,52-57,59-62H,1-5,10,15-22H2,(H,46,58)(H4,43,44,49)(H3,45,47,50,63)/t27-,28-,29+,30+,33+,34+,35+,36+/m0/s1. The van der Waals surface area contributed by atoms with Crippen LogP contribution in [0.3, 0.4) is 0 Å². The molecule has 1 heterocycles. The summed E-state index contributed by atoms with van der Waals surface area (Å²) in [5, 5.41) is 115. The third-order valence-corrected chi connectivity index (χ3v) is 10.5. The molecule has 63 heavy (non-hydrogen) atoms. The quantitative estimate of drug-likeness (QED) is 0.0209. The third kappa shape index (κ3) is 17.5. The van der Waals surface area contributed by atoms with E-state index in [1.165, 1.54) is 4.90 Å². The van der Waals surface area contributed by atoms with Crippen LogP contribution in [0, 0.1) is 5.41 Å². The molecular formula is C41H62ClN9O12. The summed E-state index contributed by atoms with van der Waals surface area (Å²) in [5.74, 6) is -1.41. The van der Waals surface area contributed by atoms with Crippen LogP contribution in [-0.2, 0) is 17.6 Å². The maximum atomic E-state index is 12.6. The lowest BCUT2D eigenvalue weighted by Gasteiger charge is -2.33. The molecule has 2 aromatic carbocycles. The molecule has 0 radical (unpaired) electrons. The first-order valence-corrected chi connectivity index (χ1v) is 20.9. The van der Waals surface area contributed by atoms with Gasteiger partial charge in [-0.1, -0.05) is 60.1 Å². The van der Waals surface area contributed by atoms with E-state index in [9.17, 15) is 50.4 Å². The summed E-state index contributed by atoms with van der Waals surface area (Å²) in [6, 6.07) is 16.1. The summed E-state index contributed by atoms with van der Waals surface area (Å²) in [6.07, 6.45) is -10.3. The average Bonchev–Trinajstić information content (AvgIpc) is 3.27. The molecule has 18 N–H and O–H groups in total. The second-order valence-corrected chi connectivity index (χ2v) is 15.5. The number of hydrogen-bond donors (Lipinski definition) is 16. The highest BCUT2D eigenvalue weighted by atomic mass is 35.5. The third-order valence-electron chi connectivity index (χ3n) is 10.2. The molecular weight excluding hydrogens is 846 g/mol. The Bertz CT molecular complexity index is 1840. The van der Waals surface area contributed by atoms with Crippen LogP contribution in [0.25, 0.3) is 11.1 Å². The van der Waals surface area contributed by atoms with Gasteiger partial charge in [-0.3, -0.25) is 25.2 Å². The van der Waals surface area contributed by atoms with Gasteiger partial charge in [0, 0.05) is 32.6 Å². The van der Waals surface area contributed by atoms with Gasteiger partial charge >= 0.3 is 0 Å². The maximum Gasteiger partial charge on any atom is 0.280 e. The molecule has 0 bridgehead atoms. The number of amides is 2. The number of halogens is 1.